The van der Waals surface area contributed by atoms with Crippen LogP contribution in [-0.4, -0.2) is 30.9 Å². The number of nitrogens with one attached hydrogen (secondary N) is 2. The van der Waals surface area contributed by atoms with Crippen LogP contribution >= 0.6 is 11.3 Å². The van der Waals surface area contributed by atoms with Crippen LogP contribution in [0.3, 0.4) is 0 Å². The molecule has 2 N–H and O–H groups in total. The zero-order chi connectivity index (χ0) is 16.8. The molecule has 122 valence electrons. The van der Waals surface area contributed by atoms with E-state index in [-0.39, 0.29) is 24.3 Å². The predicted molar refractivity (Wildman–Crippen MR) is 92.7 cm³/mol. The van der Waals surface area contributed by atoms with Gasteiger partial charge in [-0.15, -0.1) is 11.3 Å². The lowest BCUT2D eigenvalue weighted by Gasteiger charge is -2.16. The van der Waals surface area contributed by atoms with Gasteiger partial charge in [-0.1, -0.05) is 6.07 Å². The first-order valence-corrected chi connectivity index (χ1v) is 8.07. The number of hydrogen-bond donors (Lipinski definition) is 2. The maximum absolute atomic E-state index is 12.2. The number of thiophene rings is 1. The molecule has 0 unspecified atom stereocenters. The van der Waals surface area contributed by atoms with Gasteiger partial charge in [0.15, 0.2) is 0 Å². The molecule has 0 saturated heterocycles. The zero-order valence-electron chi connectivity index (χ0n) is 13.4. The fourth-order valence-electron chi connectivity index (χ4n) is 2.06. The molecule has 0 saturated carbocycles. The number of carbonyl (C=O) groups is 2. The van der Waals surface area contributed by atoms with Crippen molar-refractivity contribution in [2.45, 2.75) is 19.4 Å². The minimum atomic E-state index is -0.325. The number of carbonyl (C=O) groups excluding carboxylic acids is 2. The van der Waals surface area contributed by atoms with Crippen LogP contribution in [0.15, 0.2) is 35.8 Å². The van der Waals surface area contributed by atoms with Gasteiger partial charge < -0.3 is 15.5 Å². The lowest BCUT2D eigenvalue weighted by Crippen LogP contribution is -2.29. The monoisotopic (exact) mass is 332 g/mol. The Bertz CT molecular complexity index is 653. The number of rotatable bonds is 6. The summed E-state index contributed by atoms with van der Waals surface area (Å²) in [5, 5.41) is 7.49. The third kappa shape index (κ3) is 5.07. The van der Waals surface area contributed by atoms with E-state index in [0.29, 0.717) is 5.82 Å². The molecule has 2 heterocycles. The molecule has 2 aromatic heterocycles. The van der Waals surface area contributed by atoms with Crippen molar-refractivity contribution in [1.29, 1.82) is 0 Å². The maximum Gasteiger partial charge on any atom is 0.227 e. The van der Waals surface area contributed by atoms with Gasteiger partial charge in [-0.25, -0.2) is 4.98 Å². The first-order valence-electron chi connectivity index (χ1n) is 7.19. The molecular weight excluding hydrogens is 312 g/mol. The number of amides is 2. The first-order chi connectivity index (χ1) is 11.0. The minimum Gasteiger partial charge on any atom is -0.376 e. The van der Waals surface area contributed by atoms with Crippen LogP contribution in [0.4, 0.5) is 11.5 Å². The smallest absolute Gasteiger partial charge is 0.227 e. The Morgan fingerprint density at radius 1 is 1.30 bits per heavy atom. The van der Waals surface area contributed by atoms with Crippen LogP contribution in [0.1, 0.15) is 24.3 Å². The van der Waals surface area contributed by atoms with Crippen molar-refractivity contribution < 1.29 is 9.59 Å². The van der Waals surface area contributed by atoms with Gasteiger partial charge in [0.1, 0.15) is 5.82 Å². The molecule has 23 heavy (non-hydrogen) atoms. The summed E-state index contributed by atoms with van der Waals surface area (Å²) in [6.07, 6.45) is 1.86. The number of hydrogen-bond acceptors (Lipinski definition) is 5. The van der Waals surface area contributed by atoms with Gasteiger partial charge in [0, 0.05) is 25.9 Å². The van der Waals surface area contributed by atoms with Crippen LogP contribution in [-0.2, 0) is 9.59 Å². The van der Waals surface area contributed by atoms with Gasteiger partial charge in [-0.05, 0) is 23.6 Å². The number of nitrogens with zero attached hydrogens (tertiary/aromatic N) is 2. The lowest BCUT2D eigenvalue weighted by molar-refractivity contribution is -0.120. The zero-order valence-corrected chi connectivity index (χ0v) is 14.2. The van der Waals surface area contributed by atoms with Crippen LogP contribution in [0.25, 0.3) is 0 Å². The van der Waals surface area contributed by atoms with Gasteiger partial charge in [-0.3, -0.25) is 9.59 Å². The van der Waals surface area contributed by atoms with Crippen molar-refractivity contribution in [3.63, 3.8) is 0 Å². The van der Waals surface area contributed by atoms with Crippen LogP contribution in [0.5, 0.6) is 0 Å². The van der Waals surface area contributed by atoms with Crippen molar-refractivity contribution in [3.8, 4) is 0 Å². The quantitative estimate of drug-likeness (QED) is 0.852. The van der Waals surface area contributed by atoms with E-state index in [1.807, 2.05) is 42.6 Å². The molecule has 2 aromatic rings. The Labute approximate surface area is 139 Å². The highest BCUT2D eigenvalue weighted by Crippen LogP contribution is 2.22. The SMILES string of the molecule is CC(=O)N[C@H](CC(=O)Nc1ccc(N(C)C)cn1)c1cccs1. The molecule has 0 aliphatic heterocycles. The summed E-state index contributed by atoms with van der Waals surface area (Å²) in [5.41, 5.74) is 0.956. The van der Waals surface area contributed by atoms with E-state index in [4.69, 9.17) is 0 Å². The normalized spacial score (nSPS) is 11.6. The van der Waals surface area contributed by atoms with Gasteiger partial charge >= 0.3 is 0 Å². The Balaban J connectivity index is 2.00. The molecule has 0 aliphatic rings. The van der Waals surface area contributed by atoms with Crippen molar-refractivity contribution in [2.75, 3.05) is 24.3 Å². The fraction of sp³-hybridized carbons (Fsp3) is 0.312. The minimum absolute atomic E-state index is 0.162. The molecular formula is C16H20N4O2S. The van der Waals surface area contributed by atoms with Crippen LogP contribution < -0.4 is 15.5 Å². The van der Waals surface area contributed by atoms with Crippen molar-refractivity contribution in [3.05, 3.63) is 40.7 Å². The second-order valence-electron chi connectivity index (χ2n) is 5.32. The first kappa shape index (κ1) is 17.0. The van der Waals surface area contributed by atoms with E-state index in [2.05, 4.69) is 15.6 Å². The van der Waals surface area contributed by atoms with Crippen molar-refractivity contribution in [1.82, 2.24) is 10.3 Å². The number of aromatic nitrogens is 1. The summed E-state index contributed by atoms with van der Waals surface area (Å²) in [6, 6.07) is 7.11. The van der Waals surface area contributed by atoms with E-state index >= 15 is 0 Å². The van der Waals surface area contributed by atoms with Gasteiger partial charge in [0.2, 0.25) is 11.8 Å². The van der Waals surface area contributed by atoms with E-state index in [0.717, 1.165) is 10.6 Å². The lowest BCUT2D eigenvalue weighted by atomic mass is 10.1. The summed E-state index contributed by atoms with van der Waals surface area (Å²) in [4.78, 5) is 30.6. The molecule has 0 spiro atoms. The van der Waals surface area contributed by atoms with E-state index < -0.39 is 0 Å². The largest absolute Gasteiger partial charge is 0.376 e. The average molecular weight is 332 g/mol. The Morgan fingerprint density at radius 2 is 2.09 bits per heavy atom. The highest BCUT2D eigenvalue weighted by Gasteiger charge is 2.18. The molecule has 2 amide bonds. The highest BCUT2D eigenvalue weighted by molar-refractivity contribution is 7.10. The van der Waals surface area contributed by atoms with Gasteiger partial charge in [0.05, 0.1) is 24.3 Å². The second-order valence-corrected chi connectivity index (χ2v) is 6.30. The summed E-state index contributed by atoms with van der Waals surface area (Å²) in [7, 11) is 3.85. The number of anilines is 2. The summed E-state index contributed by atoms with van der Waals surface area (Å²) >= 11 is 1.51. The summed E-state index contributed by atoms with van der Waals surface area (Å²) < 4.78 is 0. The molecule has 0 fully saturated rings. The van der Waals surface area contributed by atoms with Gasteiger partial charge in [-0.2, -0.15) is 0 Å². The molecule has 0 radical (unpaired) electrons. The Morgan fingerprint density at radius 3 is 2.61 bits per heavy atom. The number of pyridine rings is 1. The fourth-order valence-corrected chi connectivity index (χ4v) is 2.84. The van der Waals surface area contributed by atoms with Crippen molar-refractivity contribution >= 4 is 34.7 Å². The van der Waals surface area contributed by atoms with E-state index in [9.17, 15) is 9.59 Å². The molecule has 2 rings (SSSR count). The summed E-state index contributed by atoms with van der Waals surface area (Å²) in [6.45, 7) is 1.44. The second kappa shape index (κ2) is 7.73. The van der Waals surface area contributed by atoms with E-state index in [1.165, 1.54) is 18.3 Å². The molecule has 6 nitrogen and oxygen atoms in total. The molecule has 1 atom stereocenters. The third-order valence-corrected chi connectivity index (χ3v) is 4.17. The van der Waals surface area contributed by atoms with Crippen LogP contribution in [0, 0.1) is 0 Å². The molecule has 0 aliphatic carbocycles. The van der Waals surface area contributed by atoms with Crippen LogP contribution in [0.2, 0.25) is 0 Å². The van der Waals surface area contributed by atoms with Crippen molar-refractivity contribution in [2.24, 2.45) is 0 Å². The Hall–Kier alpha value is -2.41. The van der Waals surface area contributed by atoms with E-state index in [1.54, 1.807) is 12.3 Å². The molecule has 0 bridgehead atoms. The standard InChI is InChI=1S/C16H20N4O2S/c1-11(21)18-13(14-5-4-8-23-14)9-16(22)19-15-7-6-12(10-17-15)20(2)3/h4-8,10,13H,9H2,1-3H3,(H,18,21)(H,17,19,22)/t13-/m1/s1. The average Bonchev–Trinajstić information content (AvgIpc) is 3.00. The molecule has 7 heteroatoms. The highest BCUT2D eigenvalue weighted by atomic mass is 32.1. The molecule has 0 aromatic carbocycles. The topological polar surface area (TPSA) is 74.3 Å². The third-order valence-electron chi connectivity index (χ3n) is 3.19. The maximum atomic E-state index is 12.2. The summed E-state index contributed by atoms with van der Waals surface area (Å²) in [5.74, 6) is 0.139. The predicted octanol–water partition coefficient (Wildman–Crippen LogP) is 2.42. The Kier molecular flexibility index (Phi) is 5.70. The van der Waals surface area contributed by atoms with Gasteiger partial charge in [0.25, 0.3) is 0 Å².